The molecule has 96 valence electrons. The number of aliphatic hydroxyl groups excluding tert-OH is 1. The number of aromatic hydroxyl groups is 1. The smallest absolute Gasteiger partial charge is 0.126 e. The standard InChI is InChI=1S/C16H20O2/c1-9-5-7-11(3)15(17)13(9)14-10(2)6-8-12(4)16(14)18/h5-7,12,17-18H,8H2,1-4H3. The summed E-state index contributed by atoms with van der Waals surface area (Å²) in [5, 5.41) is 20.6. The van der Waals surface area contributed by atoms with E-state index in [0.717, 1.165) is 34.3 Å². The lowest BCUT2D eigenvalue weighted by Gasteiger charge is -2.23. The van der Waals surface area contributed by atoms with Crippen LogP contribution in [0.5, 0.6) is 5.75 Å². The predicted molar refractivity (Wildman–Crippen MR) is 74.7 cm³/mol. The molecule has 0 heterocycles. The van der Waals surface area contributed by atoms with Gasteiger partial charge in [0.2, 0.25) is 0 Å². The molecule has 2 heteroatoms. The highest BCUT2D eigenvalue weighted by Gasteiger charge is 2.24. The van der Waals surface area contributed by atoms with E-state index in [0.29, 0.717) is 5.76 Å². The Bertz CT molecular complexity index is 550. The van der Waals surface area contributed by atoms with E-state index in [9.17, 15) is 10.2 Å². The van der Waals surface area contributed by atoms with Crippen molar-refractivity contribution in [2.45, 2.75) is 34.1 Å². The van der Waals surface area contributed by atoms with E-state index in [1.54, 1.807) is 0 Å². The lowest BCUT2D eigenvalue weighted by molar-refractivity contribution is 0.341. The van der Waals surface area contributed by atoms with Crippen molar-refractivity contribution in [3.63, 3.8) is 0 Å². The highest BCUT2D eigenvalue weighted by atomic mass is 16.3. The first kappa shape index (κ1) is 12.7. The summed E-state index contributed by atoms with van der Waals surface area (Å²) in [5.74, 6) is 0.778. The highest BCUT2D eigenvalue weighted by molar-refractivity contribution is 5.86. The van der Waals surface area contributed by atoms with Crippen molar-refractivity contribution in [2.24, 2.45) is 5.92 Å². The quantitative estimate of drug-likeness (QED) is 0.774. The predicted octanol–water partition coefficient (Wildman–Crippen LogP) is 4.26. The third-order valence-electron chi connectivity index (χ3n) is 3.73. The number of rotatable bonds is 1. The Hall–Kier alpha value is -1.70. The van der Waals surface area contributed by atoms with Gasteiger partial charge in [-0.2, -0.15) is 0 Å². The molecule has 1 atom stereocenters. The van der Waals surface area contributed by atoms with Gasteiger partial charge in [0.15, 0.2) is 0 Å². The average molecular weight is 244 g/mol. The summed E-state index contributed by atoms with van der Waals surface area (Å²) in [6.45, 7) is 7.82. The normalized spacial score (nSPS) is 20.0. The van der Waals surface area contributed by atoms with Crippen molar-refractivity contribution < 1.29 is 10.2 Å². The van der Waals surface area contributed by atoms with Gasteiger partial charge in [0.1, 0.15) is 11.5 Å². The van der Waals surface area contributed by atoms with Gasteiger partial charge < -0.3 is 10.2 Å². The van der Waals surface area contributed by atoms with Crippen LogP contribution in [-0.4, -0.2) is 10.2 Å². The fourth-order valence-corrected chi connectivity index (χ4v) is 2.45. The maximum atomic E-state index is 10.3. The van der Waals surface area contributed by atoms with E-state index in [1.807, 2.05) is 39.8 Å². The van der Waals surface area contributed by atoms with Gasteiger partial charge in [0, 0.05) is 17.1 Å². The van der Waals surface area contributed by atoms with Crippen LogP contribution in [0.4, 0.5) is 0 Å². The molecule has 1 aromatic rings. The summed E-state index contributed by atoms with van der Waals surface area (Å²) in [5.41, 5.74) is 4.43. The maximum absolute atomic E-state index is 10.3. The molecule has 1 aromatic carbocycles. The van der Waals surface area contributed by atoms with Crippen molar-refractivity contribution in [1.82, 2.24) is 0 Å². The van der Waals surface area contributed by atoms with E-state index in [-0.39, 0.29) is 11.7 Å². The molecule has 2 rings (SSSR count). The third kappa shape index (κ3) is 1.92. The number of allylic oxidation sites excluding steroid dienone is 4. The number of phenols is 1. The lowest BCUT2D eigenvalue weighted by atomic mass is 9.84. The second-order valence-corrected chi connectivity index (χ2v) is 5.21. The molecule has 18 heavy (non-hydrogen) atoms. The van der Waals surface area contributed by atoms with E-state index < -0.39 is 0 Å². The average Bonchev–Trinajstić information content (AvgIpc) is 2.33. The Labute approximate surface area is 108 Å². The summed E-state index contributed by atoms with van der Waals surface area (Å²) in [7, 11) is 0. The van der Waals surface area contributed by atoms with Crippen LogP contribution in [0.3, 0.4) is 0 Å². The molecule has 0 saturated carbocycles. The summed E-state index contributed by atoms with van der Waals surface area (Å²) in [6.07, 6.45) is 2.98. The van der Waals surface area contributed by atoms with E-state index in [1.165, 1.54) is 0 Å². The van der Waals surface area contributed by atoms with Gasteiger partial charge in [-0.25, -0.2) is 0 Å². The van der Waals surface area contributed by atoms with Crippen LogP contribution in [0.2, 0.25) is 0 Å². The maximum Gasteiger partial charge on any atom is 0.126 e. The van der Waals surface area contributed by atoms with Crippen LogP contribution in [0.1, 0.15) is 37.0 Å². The van der Waals surface area contributed by atoms with Crippen molar-refractivity contribution in [1.29, 1.82) is 0 Å². The van der Waals surface area contributed by atoms with Gasteiger partial charge in [-0.05, 0) is 43.9 Å². The zero-order valence-corrected chi connectivity index (χ0v) is 11.4. The van der Waals surface area contributed by atoms with E-state index >= 15 is 0 Å². The minimum atomic E-state index is 0.114. The molecule has 2 N–H and O–H groups in total. The minimum Gasteiger partial charge on any atom is -0.511 e. The Kier molecular flexibility index (Phi) is 3.20. The molecule has 0 amide bonds. The van der Waals surface area contributed by atoms with Crippen LogP contribution < -0.4 is 0 Å². The van der Waals surface area contributed by atoms with E-state index in [4.69, 9.17) is 0 Å². The molecule has 1 unspecified atom stereocenters. The molecular formula is C16H20O2. The molecular weight excluding hydrogens is 224 g/mol. The van der Waals surface area contributed by atoms with Crippen LogP contribution >= 0.6 is 0 Å². The first-order valence-corrected chi connectivity index (χ1v) is 6.33. The summed E-state index contributed by atoms with van der Waals surface area (Å²) in [6, 6.07) is 3.88. The zero-order valence-electron chi connectivity index (χ0n) is 11.4. The number of benzene rings is 1. The monoisotopic (exact) mass is 244 g/mol. The Morgan fingerprint density at radius 2 is 1.67 bits per heavy atom. The number of hydrogen-bond donors (Lipinski definition) is 2. The first-order chi connectivity index (χ1) is 8.43. The van der Waals surface area contributed by atoms with Crippen molar-refractivity contribution >= 4 is 5.57 Å². The Morgan fingerprint density at radius 3 is 2.33 bits per heavy atom. The fraction of sp³-hybridized carbons (Fsp3) is 0.375. The molecule has 0 spiro atoms. The van der Waals surface area contributed by atoms with E-state index in [2.05, 4.69) is 6.08 Å². The van der Waals surface area contributed by atoms with Crippen molar-refractivity contribution in [3.05, 3.63) is 46.2 Å². The third-order valence-corrected chi connectivity index (χ3v) is 3.73. The molecule has 0 aliphatic heterocycles. The van der Waals surface area contributed by atoms with Crippen LogP contribution in [0.15, 0.2) is 29.5 Å². The molecule has 2 nitrogen and oxygen atoms in total. The van der Waals surface area contributed by atoms with Gasteiger partial charge in [0.25, 0.3) is 0 Å². The van der Waals surface area contributed by atoms with Gasteiger partial charge in [-0.15, -0.1) is 0 Å². The largest absolute Gasteiger partial charge is 0.511 e. The molecule has 0 bridgehead atoms. The number of phenolic OH excluding ortho intramolecular Hbond substituents is 1. The SMILES string of the molecule is CC1=CCC(C)C(O)=C1c1c(C)ccc(C)c1O. The summed E-state index contributed by atoms with van der Waals surface area (Å²) >= 11 is 0. The molecule has 1 aliphatic rings. The Morgan fingerprint density at radius 1 is 1.06 bits per heavy atom. The molecule has 0 radical (unpaired) electrons. The molecule has 0 aromatic heterocycles. The van der Waals surface area contributed by atoms with Gasteiger partial charge >= 0.3 is 0 Å². The van der Waals surface area contributed by atoms with Gasteiger partial charge in [-0.3, -0.25) is 0 Å². The van der Waals surface area contributed by atoms with Gasteiger partial charge in [0.05, 0.1) is 0 Å². The van der Waals surface area contributed by atoms with Crippen LogP contribution in [0, 0.1) is 19.8 Å². The van der Waals surface area contributed by atoms with Crippen LogP contribution in [0.25, 0.3) is 5.57 Å². The lowest BCUT2D eigenvalue weighted by Crippen LogP contribution is -2.09. The minimum absolute atomic E-state index is 0.114. The first-order valence-electron chi connectivity index (χ1n) is 6.33. The second-order valence-electron chi connectivity index (χ2n) is 5.21. The molecule has 1 aliphatic carbocycles. The summed E-state index contributed by atoms with van der Waals surface area (Å²) in [4.78, 5) is 0. The van der Waals surface area contributed by atoms with Crippen molar-refractivity contribution in [2.75, 3.05) is 0 Å². The van der Waals surface area contributed by atoms with Gasteiger partial charge in [-0.1, -0.05) is 25.1 Å². The number of aryl methyl sites for hydroxylation is 2. The Balaban J connectivity index is 2.72. The van der Waals surface area contributed by atoms with Crippen LogP contribution in [-0.2, 0) is 0 Å². The highest BCUT2D eigenvalue weighted by Crippen LogP contribution is 2.41. The number of aliphatic hydroxyl groups is 1. The summed E-state index contributed by atoms with van der Waals surface area (Å²) < 4.78 is 0. The van der Waals surface area contributed by atoms with Crippen molar-refractivity contribution in [3.8, 4) is 5.75 Å². The molecule has 0 fully saturated rings. The zero-order chi connectivity index (χ0) is 13.4. The topological polar surface area (TPSA) is 40.5 Å². The second kappa shape index (κ2) is 4.52. The molecule has 0 saturated heterocycles. The number of hydrogen-bond acceptors (Lipinski definition) is 2. The fourth-order valence-electron chi connectivity index (χ4n) is 2.45.